The van der Waals surface area contributed by atoms with Gasteiger partial charge in [0.2, 0.25) is 11.8 Å². The summed E-state index contributed by atoms with van der Waals surface area (Å²) < 4.78 is 0. The highest BCUT2D eigenvalue weighted by atomic mass is 32.2. The minimum absolute atomic E-state index is 0.0240. The summed E-state index contributed by atoms with van der Waals surface area (Å²) in [7, 11) is 0. The standard InChI is InChI=1S/C14H25N3O2S/c1-3-11(2)13-14(19)17(10-12(18)15-13)5-4-16-6-8-20-9-7-16/h11,13H,3-10H2,1-2H3,(H,15,18). The molecule has 2 aliphatic rings. The number of hydrogen-bond acceptors (Lipinski definition) is 4. The second kappa shape index (κ2) is 7.31. The Hall–Kier alpha value is -0.750. The molecule has 0 bridgehead atoms. The lowest BCUT2D eigenvalue weighted by atomic mass is 9.96. The molecular formula is C14H25N3O2S. The van der Waals surface area contributed by atoms with Crippen LogP contribution in [0, 0.1) is 5.92 Å². The van der Waals surface area contributed by atoms with Gasteiger partial charge in [0.1, 0.15) is 6.04 Å². The van der Waals surface area contributed by atoms with Crippen LogP contribution >= 0.6 is 11.8 Å². The van der Waals surface area contributed by atoms with Crippen LogP contribution in [-0.4, -0.2) is 71.9 Å². The summed E-state index contributed by atoms with van der Waals surface area (Å²) in [6, 6.07) is -0.335. The number of nitrogens with zero attached hydrogens (tertiary/aromatic N) is 2. The maximum absolute atomic E-state index is 12.4. The van der Waals surface area contributed by atoms with Crippen LogP contribution in [-0.2, 0) is 9.59 Å². The second-order valence-corrected chi connectivity index (χ2v) is 6.87. The highest BCUT2D eigenvalue weighted by molar-refractivity contribution is 7.99. The van der Waals surface area contributed by atoms with E-state index in [4.69, 9.17) is 0 Å². The average molecular weight is 299 g/mol. The van der Waals surface area contributed by atoms with Gasteiger partial charge in [0.25, 0.3) is 0 Å². The number of carbonyl (C=O) groups is 2. The van der Waals surface area contributed by atoms with Crippen molar-refractivity contribution in [2.24, 2.45) is 5.92 Å². The maximum Gasteiger partial charge on any atom is 0.245 e. The Balaban J connectivity index is 1.88. The predicted molar refractivity (Wildman–Crippen MR) is 81.7 cm³/mol. The number of hydrogen-bond donors (Lipinski definition) is 1. The van der Waals surface area contributed by atoms with Gasteiger partial charge in [0.05, 0.1) is 6.54 Å². The fourth-order valence-electron chi connectivity index (χ4n) is 2.63. The molecule has 0 aliphatic carbocycles. The molecule has 0 spiro atoms. The van der Waals surface area contributed by atoms with Gasteiger partial charge in [-0.2, -0.15) is 11.8 Å². The Bertz CT molecular complexity index is 358. The fourth-order valence-corrected chi connectivity index (χ4v) is 3.61. The van der Waals surface area contributed by atoms with Gasteiger partial charge in [-0.15, -0.1) is 0 Å². The summed E-state index contributed by atoms with van der Waals surface area (Å²) >= 11 is 1.98. The minimum atomic E-state index is -0.335. The molecule has 0 aromatic heterocycles. The first-order valence-electron chi connectivity index (χ1n) is 7.50. The molecule has 1 N–H and O–H groups in total. The topological polar surface area (TPSA) is 52.7 Å². The molecule has 2 fully saturated rings. The number of nitrogens with one attached hydrogen (secondary N) is 1. The van der Waals surface area contributed by atoms with E-state index in [1.165, 1.54) is 11.5 Å². The third kappa shape index (κ3) is 3.88. The van der Waals surface area contributed by atoms with Gasteiger partial charge >= 0.3 is 0 Å². The van der Waals surface area contributed by atoms with Gasteiger partial charge < -0.3 is 10.2 Å². The van der Waals surface area contributed by atoms with Crippen LogP contribution in [0.5, 0.6) is 0 Å². The monoisotopic (exact) mass is 299 g/mol. The quantitative estimate of drug-likeness (QED) is 0.799. The number of rotatable bonds is 5. The van der Waals surface area contributed by atoms with Crippen LogP contribution in [0.1, 0.15) is 20.3 Å². The van der Waals surface area contributed by atoms with Crippen molar-refractivity contribution < 1.29 is 9.59 Å². The van der Waals surface area contributed by atoms with Crippen molar-refractivity contribution in [3.8, 4) is 0 Å². The lowest BCUT2D eigenvalue weighted by Crippen LogP contribution is -2.61. The van der Waals surface area contributed by atoms with E-state index >= 15 is 0 Å². The molecule has 2 atom stereocenters. The normalized spacial score (nSPS) is 26.5. The van der Waals surface area contributed by atoms with Gasteiger partial charge in [-0.05, 0) is 5.92 Å². The molecule has 2 heterocycles. The Morgan fingerprint density at radius 1 is 1.30 bits per heavy atom. The Labute approximate surface area is 125 Å². The molecule has 2 saturated heterocycles. The zero-order valence-electron chi connectivity index (χ0n) is 12.4. The van der Waals surface area contributed by atoms with Gasteiger partial charge in [-0.25, -0.2) is 0 Å². The molecule has 6 heteroatoms. The molecule has 0 aromatic carbocycles. The molecule has 114 valence electrons. The van der Waals surface area contributed by atoms with Crippen molar-refractivity contribution in [1.82, 2.24) is 15.1 Å². The zero-order valence-corrected chi connectivity index (χ0v) is 13.2. The van der Waals surface area contributed by atoms with Gasteiger partial charge in [-0.1, -0.05) is 20.3 Å². The van der Waals surface area contributed by atoms with Crippen molar-refractivity contribution in [3.05, 3.63) is 0 Å². The van der Waals surface area contributed by atoms with Crippen LogP contribution in [0.15, 0.2) is 0 Å². The summed E-state index contributed by atoms with van der Waals surface area (Å²) in [5.74, 6) is 2.60. The van der Waals surface area contributed by atoms with E-state index < -0.39 is 0 Å². The fraction of sp³-hybridized carbons (Fsp3) is 0.857. The molecule has 5 nitrogen and oxygen atoms in total. The molecule has 0 aromatic rings. The third-order valence-corrected chi connectivity index (χ3v) is 5.17. The molecular weight excluding hydrogens is 274 g/mol. The number of carbonyl (C=O) groups excluding carboxylic acids is 2. The molecule has 2 rings (SSSR count). The molecule has 20 heavy (non-hydrogen) atoms. The van der Waals surface area contributed by atoms with E-state index in [-0.39, 0.29) is 30.3 Å². The predicted octanol–water partition coefficient (Wildman–Crippen LogP) is 0.408. The van der Waals surface area contributed by atoms with Crippen LogP contribution in [0.4, 0.5) is 0 Å². The number of piperazine rings is 1. The summed E-state index contributed by atoms with van der Waals surface area (Å²) in [5.41, 5.74) is 0. The Morgan fingerprint density at radius 3 is 2.65 bits per heavy atom. The van der Waals surface area contributed by atoms with E-state index in [0.29, 0.717) is 6.54 Å². The van der Waals surface area contributed by atoms with Crippen LogP contribution < -0.4 is 5.32 Å². The highest BCUT2D eigenvalue weighted by Gasteiger charge is 2.35. The van der Waals surface area contributed by atoms with Gasteiger partial charge in [0, 0.05) is 37.7 Å². The summed E-state index contributed by atoms with van der Waals surface area (Å²) in [5, 5.41) is 2.84. The molecule has 0 saturated carbocycles. The smallest absolute Gasteiger partial charge is 0.245 e. The van der Waals surface area contributed by atoms with Crippen molar-refractivity contribution in [1.29, 1.82) is 0 Å². The van der Waals surface area contributed by atoms with Crippen LogP contribution in [0.2, 0.25) is 0 Å². The molecule has 2 aliphatic heterocycles. The van der Waals surface area contributed by atoms with Crippen molar-refractivity contribution in [2.45, 2.75) is 26.3 Å². The molecule has 2 unspecified atom stereocenters. The minimum Gasteiger partial charge on any atom is -0.342 e. The van der Waals surface area contributed by atoms with E-state index in [2.05, 4.69) is 17.1 Å². The average Bonchev–Trinajstić information content (AvgIpc) is 2.48. The first-order valence-corrected chi connectivity index (χ1v) is 8.65. The Morgan fingerprint density at radius 2 is 2.00 bits per heavy atom. The second-order valence-electron chi connectivity index (χ2n) is 5.64. The largest absolute Gasteiger partial charge is 0.342 e. The van der Waals surface area contributed by atoms with E-state index in [1.54, 1.807) is 4.90 Å². The van der Waals surface area contributed by atoms with Crippen molar-refractivity contribution in [3.63, 3.8) is 0 Å². The number of thioether (sulfide) groups is 1. The molecule has 0 radical (unpaired) electrons. The SMILES string of the molecule is CCC(C)C1NC(=O)CN(CCN2CCSCC2)C1=O. The van der Waals surface area contributed by atoms with Gasteiger partial charge in [0.15, 0.2) is 0 Å². The number of amides is 2. The highest BCUT2D eigenvalue weighted by Crippen LogP contribution is 2.15. The van der Waals surface area contributed by atoms with E-state index in [1.807, 2.05) is 18.7 Å². The van der Waals surface area contributed by atoms with E-state index in [9.17, 15) is 9.59 Å². The van der Waals surface area contributed by atoms with Crippen LogP contribution in [0.3, 0.4) is 0 Å². The van der Waals surface area contributed by atoms with Gasteiger partial charge in [-0.3, -0.25) is 14.5 Å². The summed E-state index contributed by atoms with van der Waals surface area (Å²) in [6.45, 7) is 8.02. The summed E-state index contributed by atoms with van der Waals surface area (Å²) in [6.07, 6.45) is 0.897. The molecule has 2 amide bonds. The first-order chi connectivity index (χ1) is 9.61. The van der Waals surface area contributed by atoms with E-state index in [0.717, 1.165) is 26.1 Å². The van der Waals surface area contributed by atoms with Crippen LogP contribution in [0.25, 0.3) is 0 Å². The summed E-state index contributed by atoms with van der Waals surface area (Å²) in [4.78, 5) is 28.3. The first kappa shape index (κ1) is 15.6. The lowest BCUT2D eigenvalue weighted by molar-refractivity contribution is -0.145. The maximum atomic E-state index is 12.4. The van der Waals surface area contributed by atoms with Crippen molar-refractivity contribution >= 4 is 23.6 Å². The third-order valence-electron chi connectivity index (χ3n) is 4.23. The lowest BCUT2D eigenvalue weighted by Gasteiger charge is -2.36. The Kier molecular flexibility index (Phi) is 5.72. The zero-order chi connectivity index (χ0) is 14.5. The van der Waals surface area contributed by atoms with Crippen molar-refractivity contribution in [2.75, 3.05) is 44.2 Å².